The van der Waals surface area contributed by atoms with Gasteiger partial charge < -0.3 is 27.4 Å². The Hall–Kier alpha value is 2.55. The molecule has 0 spiro atoms. The molecule has 54 valence electrons. The van der Waals surface area contributed by atoms with E-state index in [1.165, 1.54) is 0 Å². The van der Waals surface area contributed by atoms with Crippen molar-refractivity contribution in [3.05, 3.63) is 0 Å². The van der Waals surface area contributed by atoms with Gasteiger partial charge in [-0.05, 0) is 0 Å². The summed E-state index contributed by atoms with van der Waals surface area (Å²) in [6.07, 6.45) is 0. The summed E-state index contributed by atoms with van der Waals surface area (Å²) in [6.45, 7) is 0. The summed E-state index contributed by atoms with van der Waals surface area (Å²) in [4.78, 5) is 0. The van der Waals surface area contributed by atoms with E-state index in [-0.39, 0.29) is 113 Å². The van der Waals surface area contributed by atoms with Crippen LogP contribution in [0.1, 0.15) is 0 Å². The molecular formula is Co2In2O5. The molecule has 0 aromatic rings. The van der Waals surface area contributed by atoms with Gasteiger partial charge in [0.25, 0.3) is 0 Å². The van der Waals surface area contributed by atoms with Crippen molar-refractivity contribution >= 4 is 51.7 Å². The van der Waals surface area contributed by atoms with Crippen molar-refractivity contribution in [3.8, 4) is 0 Å². The number of hydrogen-bond acceptors (Lipinski definition) is 0. The van der Waals surface area contributed by atoms with Crippen LogP contribution in [0.15, 0.2) is 0 Å². The fourth-order valence-corrected chi connectivity index (χ4v) is 0. The molecule has 0 amide bonds. The Labute approximate surface area is 111 Å². The molecule has 0 aromatic heterocycles. The van der Waals surface area contributed by atoms with Crippen molar-refractivity contribution in [2.24, 2.45) is 0 Å². The van der Waals surface area contributed by atoms with Crippen molar-refractivity contribution < 1.29 is 60.9 Å². The average molecular weight is 427 g/mol. The molecule has 0 fully saturated rings. The normalized spacial score (nSPS) is 0. The molecule has 0 N–H and O–H groups in total. The molecule has 0 atom stereocenters. The van der Waals surface area contributed by atoms with E-state index >= 15 is 0 Å². The van der Waals surface area contributed by atoms with Crippen molar-refractivity contribution in [3.63, 3.8) is 0 Å². The molecule has 0 unspecified atom stereocenters. The van der Waals surface area contributed by atoms with E-state index in [1.54, 1.807) is 0 Å². The summed E-state index contributed by atoms with van der Waals surface area (Å²) in [5.74, 6) is 0. The molecule has 0 rings (SSSR count). The third-order valence-corrected chi connectivity index (χ3v) is 0. The molecule has 0 aliphatic heterocycles. The molecular weight excluding hydrogens is 427 g/mol. The number of rotatable bonds is 0. The summed E-state index contributed by atoms with van der Waals surface area (Å²) in [5.41, 5.74) is 0. The molecule has 0 aliphatic carbocycles. The van der Waals surface area contributed by atoms with Crippen LogP contribution >= 0.6 is 0 Å². The average Bonchev–Trinajstić information content (AvgIpc) is 0. The monoisotopic (exact) mass is 428 g/mol. The van der Waals surface area contributed by atoms with Crippen molar-refractivity contribution in [1.82, 2.24) is 0 Å². The Morgan fingerprint density at radius 2 is 0.333 bits per heavy atom. The smallest absolute Gasteiger partial charge is 2.00 e. The summed E-state index contributed by atoms with van der Waals surface area (Å²) in [6, 6.07) is 0. The third-order valence-electron chi connectivity index (χ3n) is 0. The summed E-state index contributed by atoms with van der Waals surface area (Å²) < 4.78 is 0. The SMILES string of the molecule is [Co+2].[Co+2].[In+3].[In+3].[O-2].[O-2].[O-2].[O-2].[O-2]. The summed E-state index contributed by atoms with van der Waals surface area (Å²) in [5, 5.41) is 0. The van der Waals surface area contributed by atoms with Gasteiger partial charge in [0.05, 0.1) is 0 Å². The van der Waals surface area contributed by atoms with E-state index in [2.05, 4.69) is 0 Å². The predicted molar refractivity (Wildman–Crippen MR) is 14.9 cm³/mol. The minimum Gasteiger partial charge on any atom is -2.00 e. The zero-order valence-electron chi connectivity index (χ0n) is 3.86. The largest absolute Gasteiger partial charge is 3.00 e. The Morgan fingerprint density at radius 3 is 0.333 bits per heavy atom. The summed E-state index contributed by atoms with van der Waals surface area (Å²) in [7, 11) is 0. The zero-order chi connectivity index (χ0) is 0. The van der Waals surface area contributed by atoms with Gasteiger partial charge in [-0.25, -0.2) is 0 Å². The van der Waals surface area contributed by atoms with Gasteiger partial charge in [-0.3, -0.25) is 0 Å². The van der Waals surface area contributed by atoms with Crippen LogP contribution in [0.25, 0.3) is 0 Å². The molecule has 0 heterocycles. The van der Waals surface area contributed by atoms with Gasteiger partial charge in [-0.2, -0.15) is 0 Å². The van der Waals surface area contributed by atoms with E-state index in [0.29, 0.717) is 0 Å². The molecule has 5 nitrogen and oxygen atoms in total. The van der Waals surface area contributed by atoms with Crippen LogP contribution in [0.4, 0.5) is 0 Å². The van der Waals surface area contributed by atoms with Crippen LogP contribution in [-0.4, -0.2) is 51.7 Å². The van der Waals surface area contributed by atoms with Crippen LogP contribution in [-0.2, 0) is 60.9 Å². The van der Waals surface area contributed by atoms with Gasteiger partial charge in [-0.15, -0.1) is 0 Å². The fraction of sp³-hybridized carbons (Fsp3) is 0. The van der Waals surface area contributed by atoms with Gasteiger partial charge in [-0.1, -0.05) is 0 Å². The third kappa shape index (κ3) is 118. The molecule has 0 saturated heterocycles. The van der Waals surface area contributed by atoms with Gasteiger partial charge in [0, 0.05) is 0 Å². The molecule has 9 heteroatoms. The van der Waals surface area contributed by atoms with E-state index in [9.17, 15) is 0 Å². The second-order valence-corrected chi connectivity index (χ2v) is 0. The maximum atomic E-state index is 0. The first-order valence-corrected chi connectivity index (χ1v) is 0. The molecule has 0 aromatic carbocycles. The molecule has 0 saturated carbocycles. The van der Waals surface area contributed by atoms with Gasteiger partial charge in [0.1, 0.15) is 0 Å². The van der Waals surface area contributed by atoms with Crippen LogP contribution < -0.4 is 0 Å². The molecule has 0 aliphatic rings. The van der Waals surface area contributed by atoms with Gasteiger partial charge in [0.15, 0.2) is 0 Å². The van der Waals surface area contributed by atoms with Crippen LogP contribution in [0, 0.1) is 0 Å². The van der Waals surface area contributed by atoms with Crippen LogP contribution in [0.2, 0.25) is 0 Å². The minimum atomic E-state index is 0. The number of hydrogen-bond donors (Lipinski definition) is 0. The first-order chi connectivity index (χ1) is 0. The van der Waals surface area contributed by atoms with Crippen molar-refractivity contribution in [2.45, 2.75) is 0 Å². The van der Waals surface area contributed by atoms with E-state index in [0.717, 1.165) is 0 Å². The van der Waals surface area contributed by atoms with E-state index in [4.69, 9.17) is 0 Å². The topological polar surface area (TPSA) is 142 Å². The fourth-order valence-electron chi connectivity index (χ4n) is 0. The second-order valence-electron chi connectivity index (χ2n) is 0. The standard InChI is InChI=1S/2Co.2In.5O/q2*+2;2*+3;5*-2. The molecule has 2 radical (unpaired) electrons. The molecule has 9 heavy (non-hydrogen) atoms. The second kappa shape index (κ2) is 148. The molecule has 0 bridgehead atoms. The van der Waals surface area contributed by atoms with Gasteiger partial charge in [0.2, 0.25) is 0 Å². The maximum Gasteiger partial charge on any atom is 3.00 e. The van der Waals surface area contributed by atoms with Crippen molar-refractivity contribution in [2.75, 3.05) is 0 Å². The quantitative estimate of drug-likeness (QED) is 0.450. The Bertz CT molecular complexity index is 12.9. The van der Waals surface area contributed by atoms with Crippen molar-refractivity contribution in [1.29, 1.82) is 0 Å². The Morgan fingerprint density at radius 1 is 0.333 bits per heavy atom. The summed E-state index contributed by atoms with van der Waals surface area (Å²) >= 11 is 0. The Kier molecular flexibility index (Phi) is 3240. The predicted octanol–water partition coefficient (Wildman–Crippen LogP) is -1.36. The van der Waals surface area contributed by atoms with Crippen LogP contribution in [0.3, 0.4) is 0 Å². The first-order valence-electron chi connectivity index (χ1n) is 0. The first kappa shape index (κ1) is 197. The zero-order valence-corrected chi connectivity index (χ0v) is 12.5. The Balaban J connectivity index is 0. The van der Waals surface area contributed by atoms with E-state index in [1.807, 2.05) is 0 Å². The maximum absolute atomic E-state index is 0. The van der Waals surface area contributed by atoms with Crippen LogP contribution in [0.5, 0.6) is 0 Å². The minimum absolute atomic E-state index is 0. The van der Waals surface area contributed by atoms with Gasteiger partial charge >= 0.3 is 85.2 Å². The van der Waals surface area contributed by atoms with E-state index < -0.39 is 0 Å².